The van der Waals surface area contributed by atoms with Crippen molar-refractivity contribution >= 4 is 5.97 Å². The van der Waals surface area contributed by atoms with E-state index >= 15 is 0 Å². The molecule has 0 spiro atoms. The summed E-state index contributed by atoms with van der Waals surface area (Å²) >= 11 is 0. The molecule has 0 heterocycles. The normalized spacial score (nSPS) is 19.8. The number of rotatable bonds is 8. The van der Waals surface area contributed by atoms with Crippen LogP contribution in [-0.2, 0) is 9.53 Å². The van der Waals surface area contributed by atoms with Gasteiger partial charge in [-0.1, -0.05) is 13.8 Å². The van der Waals surface area contributed by atoms with Crippen molar-refractivity contribution in [2.75, 3.05) is 13.2 Å². The van der Waals surface area contributed by atoms with Gasteiger partial charge >= 0.3 is 5.97 Å². The summed E-state index contributed by atoms with van der Waals surface area (Å²) in [6.45, 7) is 6.83. The minimum atomic E-state index is -0.932. The third kappa shape index (κ3) is 4.49. The predicted octanol–water partition coefficient (Wildman–Crippen LogP) is 1.64. The van der Waals surface area contributed by atoms with E-state index in [4.69, 9.17) is 4.74 Å². The Labute approximate surface area is 97.4 Å². The quantitative estimate of drug-likeness (QED) is 0.621. The summed E-state index contributed by atoms with van der Waals surface area (Å²) < 4.78 is 5.46. The number of carbonyl (C=O) groups is 1. The Bertz CT molecular complexity index is 238. The fourth-order valence-electron chi connectivity index (χ4n) is 1.44. The lowest BCUT2D eigenvalue weighted by Gasteiger charge is -2.26. The summed E-state index contributed by atoms with van der Waals surface area (Å²) in [7, 11) is 0. The molecular weight excluding hydrogens is 206 g/mol. The van der Waals surface area contributed by atoms with Crippen molar-refractivity contribution in [2.24, 2.45) is 5.92 Å². The lowest BCUT2D eigenvalue weighted by atomic mass is 10.0. The Morgan fingerprint density at radius 2 is 2.19 bits per heavy atom. The van der Waals surface area contributed by atoms with E-state index in [0.29, 0.717) is 18.6 Å². The van der Waals surface area contributed by atoms with Gasteiger partial charge in [0.2, 0.25) is 0 Å². The first-order chi connectivity index (χ1) is 7.44. The van der Waals surface area contributed by atoms with Crippen molar-refractivity contribution in [2.45, 2.75) is 51.6 Å². The zero-order valence-corrected chi connectivity index (χ0v) is 10.5. The highest BCUT2D eigenvalue weighted by molar-refractivity contribution is 5.78. The molecule has 0 radical (unpaired) electrons. The number of hydrogen-bond donors (Lipinski definition) is 2. The molecule has 16 heavy (non-hydrogen) atoms. The van der Waals surface area contributed by atoms with Gasteiger partial charge in [0.05, 0.1) is 6.61 Å². The van der Waals surface area contributed by atoms with Crippen LogP contribution in [0.1, 0.15) is 40.0 Å². The molecule has 0 bridgehead atoms. The topological polar surface area (TPSA) is 58.6 Å². The molecule has 0 amide bonds. The summed E-state index contributed by atoms with van der Waals surface area (Å²) in [5.74, 6) is -0.239. The maximum atomic E-state index is 11.2. The van der Waals surface area contributed by atoms with Crippen LogP contribution in [0.3, 0.4) is 0 Å². The van der Waals surface area contributed by atoms with Gasteiger partial charge in [-0.25, -0.2) is 0 Å². The van der Waals surface area contributed by atoms with E-state index in [1.165, 1.54) is 0 Å². The Balaban J connectivity index is 2.29. The summed E-state index contributed by atoms with van der Waals surface area (Å²) in [5.41, 5.74) is -0.932. The van der Waals surface area contributed by atoms with Gasteiger partial charge in [-0.2, -0.15) is 0 Å². The minimum Gasteiger partial charge on any atom is -0.480 e. The second-order valence-electron chi connectivity index (χ2n) is 5.29. The molecule has 1 rings (SSSR count). The summed E-state index contributed by atoms with van der Waals surface area (Å²) in [4.78, 5) is 11.2. The Morgan fingerprint density at radius 1 is 1.56 bits per heavy atom. The van der Waals surface area contributed by atoms with E-state index in [2.05, 4.69) is 19.2 Å². The second kappa shape index (κ2) is 5.64. The molecular formula is C12H23NO3. The zero-order chi connectivity index (χ0) is 12.2. The van der Waals surface area contributed by atoms with Gasteiger partial charge in [0.25, 0.3) is 0 Å². The van der Waals surface area contributed by atoms with Crippen LogP contribution < -0.4 is 5.32 Å². The number of ether oxygens (including phenoxy) is 1. The van der Waals surface area contributed by atoms with E-state index in [1.807, 2.05) is 0 Å². The van der Waals surface area contributed by atoms with Gasteiger partial charge in [0.1, 0.15) is 5.54 Å². The maximum absolute atomic E-state index is 11.2. The van der Waals surface area contributed by atoms with Gasteiger partial charge in [0, 0.05) is 12.6 Å². The summed E-state index contributed by atoms with van der Waals surface area (Å²) in [6.07, 6.45) is 3.13. The average molecular weight is 229 g/mol. The third-order valence-electron chi connectivity index (χ3n) is 2.80. The summed E-state index contributed by atoms with van der Waals surface area (Å²) in [5, 5.41) is 12.3. The van der Waals surface area contributed by atoms with Crippen molar-refractivity contribution < 1.29 is 14.6 Å². The molecule has 0 aromatic heterocycles. The van der Waals surface area contributed by atoms with Crippen LogP contribution in [0.5, 0.6) is 0 Å². The maximum Gasteiger partial charge on any atom is 0.326 e. The van der Waals surface area contributed by atoms with Gasteiger partial charge in [-0.3, -0.25) is 10.1 Å². The van der Waals surface area contributed by atoms with E-state index in [-0.39, 0.29) is 6.61 Å². The third-order valence-corrected chi connectivity index (χ3v) is 2.80. The average Bonchev–Trinajstić information content (AvgIpc) is 2.96. The molecule has 1 fully saturated rings. The highest BCUT2D eigenvalue weighted by Crippen LogP contribution is 2.23. The highest BCUT2D eigenvalue weighted by Gasteiger charge is 2.38. The van der Waals surface area contributed by atoms with Crippen LogP contribution in [0.25, 0.3) is 0 Å². The number of aliphatic carboxylic acids is 1. The van der Waals surface area contributed by atoms with Crippen LogP contribution in [-0.4, -0.2) is 35.9 Å². The van der Waals surface area contributed by atoms with E-state index < -0.39 is 11.5 Å². The fourth-order valence-corrected chi connectivity index (χ4v) is 1.44. The van der Waals surface area contributed by atoms with Gasteiger partial charge in [0.15, 0.2) is 0 Å². The highest BCUT2D eigenvalue weighted by atomic mass is 16.5. The molecule has 4 nitrogen and oxygen atoms in total. The van der Waals surface area contributed by atoms with Crippen LogP contribution in [0.15, 0.2) is 0 Å². The van der Waals surface area contributed by atoms with E-state index in [1.54, 1.807) is 6.92 Å². The van der Waals surface area contributed by atoms with Crippen molar-refractivity contribution in [1.29, 1.82) is 0 Å². The fraction of sp³-hybridized carbons (Fsp3) is 0.917. The van der Waals surface area contributed by atoms with Crippen molar-refractivity contribution in [3.8, 4) is 0 Å². The molecule has 0 aliphatic heterocycles. The molecule has 1 aliphatic carbocycles. The van der Waals surface area contributed by atoms with E-state index in [9.17, 15) is 9.90 Å². The number of carboxylic acids is 1. The zero-order valence-electron chi connectivity index (χ0n) is 10.5. The van der Waals surface area contributed by atoms with Gasteiger partial charge < -0.3 is 9.84 Å². The summed E-state index contributed by atoms with van der Waals surface area (Å²) in [6, 6.07) is 0.370. The SMILES string of the molecule is CC(C)CCOCC(C)(NC1CC1)C(=O)O. The van der Waals surface area contributed by atoms with Crippen LogP contribution in [0.4, 0.5) is 0 Å². The first kappa shape index (κ1) is 13.5. The second-order valence-corrected chi connectivity index (χ2v) is 5.29. The monoisotopic (exact) mass is 229 g/mol. The first-order valence-electron chi connectivity index (χ1n) is 6.03. The van der Waals surface area contributed by atoms with E-state index in [0.717, 1.165) is 19.3 Å². The van der Waals surface area contributed by atoms with Gasteiger partial charge in [-0.05, 0) is 32.1 Å². The van der Waals surface area contributed by atoms with Crippen molar-refractivity contribution in [1.82, 2.24) is 5.32 Å². The largest absolute Gasteiger partial charge is 0.480 e. The van der Waals surface area contributed by atoms with Crippen LogP contribution in [0, 0.1) is 5.92 Å². The molecule has 2 N–H and O–H groups in total. The lowest BCUT2D eigenvalue weighted by Crippen LogP contribution is -2.54. The predicted molar refractivity (Wildman–Crippen MR) is 62.5 cm³/mol. The molecule has 4 heteroatoms. The number of nitrogens with one attached hydrogen (secondary N) is 1. The molecule has 0 aromatic carbocycles. The number of hydrogen-bond acceptors (Lipinski definition) is 3. The Kier molecular flexibility index (Phi) is 4.74. The first-order valence-corrected chi connectivity index (χ1v) is 6.03. The standard InChI is InChI=1S/C12H23NO3/c1-9(2)6-7-16-8-12(3,11(14)15)13-10-4-5-10/h9-10,13H,4-8H2,1-3H3,(H,14,15). The Hall–Kier alpha value is -0.610. The molecule has 0 aromatic rings. The van der Waals surface area contributed by atoms with Crippen LogP contribution in [0.2, 0.25) is 0 Å². The molecule has 0 saturated heterocycles. The molecule has 1 saturated carbocycles. The van der Waals surface area contributed by atoms with Crippen LogP contribution >= 0.6 is 0 Å². The molecule has 1 unspecified atom stereocenters. The van der Waals surface area contributed by atoms with Crippen molar-refractivity contribution in [3.05, 3.63) is 0 Å². The Morgan fingerprint density at radius 3 is 2.62 bits per heavy atom. The molecule has 94 valence electrons. The minimum absolute atomic E-state index is 0.242. The number of carboxylic acid groups (broad SMARTS) is 1. The molecule has 1 aliphatic rings. The molecule has 1 atom stereocenters. The van der Waals surface area contributed by atoms with Crippen molar-refractivity contribution in [3.63, 3.8) is 0 Å². The lowest BCUT2D eigenvalue weighted by molar-refractivity contribution is -0.147. The smallest absolute Gasteiger partial charge is 0.326 e. The van der Waals surface area contributed by atoms with Gasteiger partial charge in [-0.15, -0.1) is 0 Å².